The third-order valence-electron chi connectivity index (χ3n) is 12.0. The van der Waals surface area contributed by atoms with Crippen molar-refractivity contribution in [3.63, 3.8) is 0 Å². The van der Waals surface area contributed by atoms with E-state index in [-0.39, 0.29) is 16.4 Å². The fraction of sp³-hybridized carbons (Fsp3) is 0.333. The Hall–Kier alpha value is -3.49. The second-order valence-electron chi connectivity index (χ2n) is 15.2. The standard InChI is InChI=1S/C42H45NS/c1-9-42(26(2)44(7,8)25-28-15-11-13-17-38(28)43-42)29-19-20-31-32-23-37-33(24-36(32)41(5,6)35(31)22-29)39-30-16-12-10-14-27(30)18-21-34(39)40(37,3)4/h10-24,26,43H,9,25H2,1-8H3. The first-order chi connectivity index (χ1) is 20.9. The van der Waals surface area contributed by atoms with Gasteiger partial charge in [0.1, 0.15) is 0 Å². The van der Waals surface area contributed by atoms with Gasteiger partial charge in [0, 0.05) is 27.5 Å². The van der Waals surface area contributed by atoms with Crippen molar-refractivity contribution in [1.29, 1.82) is 0 Å². The molecule has 1 aliphatic heterocycles. The molecule has 0 amide bonds. The Morgan fingerprint density at radius 3 is 2.16 bits per heavy atom. The SMILES string of the molecule is CCC1(c2ccc3c(c2)C(C)(C)c2cc4c(cc2-3)C(C)(C)c2ccc3ccccc3c2-4)Nc2ccccc2CS(C)(C)C1C. The summed E-state index contributed by atoms with van der Waals surface area (Å²) in [4.78, 5) is 0. The van der Waals surface area contributed by atoms with Crippen LogP contribution < -0.4 is 5.32 Å². The molecule has 2 heteroatoms. The van der Waals surface area contributed by atoms with E-state index in [2.05, 4.69) is 150 Å². The minimum atomic E-state index is -0.905. The largest absolute Gasteiger partial charge is 0.374 e. The molecule has 2 aliphatic carbocycles. The number of para-hydroxylation sites is 1. The first kappa shape index (κ1) is 28.0. The lowest BCUT2D eigenvalue weighted by Gasteiger charge is -2.49. The summed E-state index contributed by atoms with van der Waals surface area (Å²) in [6, 6.07) is 35.2. The van der Waals surface area contributed by atoms with Gasteiger partial charge in [-0.3, -0.25) is 0 Å². The molecular weight excluding hydrogens is 551 g/mol. The summed E-state index contributed by atoms with van der Waals surface area (Å²) < 4.78 is 0. The van der Waals surface area contributed by atoms with Crippen molar-refractivity contribution in [2.45, 2.75) is 75.3 Å². The van der Waals surface area contributed by atoms with Crippen LogP contribution in [0.4, 0.5) is 5.69 Å². The smallest absolute Gasteiger partial charge is 0.0723 e. The quantitative estimate of drug-likeness (QED) is 0.214. The number of rotatable bonds is 2. The Morgan fingerprint density at radius 1 is 0.705 bits per heavy atom. The van der Waals surface area contributed by atoms with Crippen molar-refractivity contribution in [1.82, 2.24) is 0 Å². The maximum Gasteiger partial charge on any atom is 0.0723 e. The normalized spacial score (nSPS) is 23.9. The minimum Gasteiger partial charge on any atom is -0.374 e. The summed E-state index contributed by atoms with van der Waals surface area (Å²) >= 11 is 0. The summed E-state index contributed by atoms with van der Waals surface area (Å²) in [7, 11) is -0.905. The van der Waals surface area contributed by atoms with Gasteiger partial charge in [0.05, 0.1) is 5.54 Å². The van der Waals surface area contributed by atoms with Crippen molar-refractivity contribution in [3.8, 4) is 22.3 Å². The zero-order valence-electron chi connectivity index (χ0n) is 27.6. The first-order valence-electron chi connectivity index (χ1n) is 16.3. The molecule has 0 spiro atoms. The maximum atomic E-state index is 4.18. The van der Waals surface area contributed by atoms with E-state index in [1.165, 1.54) is 77.8 Å². The molecule has 224 valence electrons. The molecule has 0 aromatic heterocycles. The summed E-state index contributed by atoms with van der Waals surface area (Å²) in [5.74, 6) is 1.17. The van der Waals surface area contributed by atoms with Gasteiger partial charge in [-0.25, -0.2) is 10.0 Å². The van der Waals surface area contributed by atoms with Gasteiger partial charge < -0.3 is 5.32 Å². The molecule has 1 nitrogen and oxygen atoms in total. The van der Waals surface area contributed by atoms with Crippen LogP contribution in [0.3, 0.4) is 0 Å². The topological polar surface area (TPSA) is 12.0 Å². The van der Waals surface area contributed by atoms with Gasteiger partial charge in [-0.1, -0.05) is 114 Å². The maximum absolute atomic E-state index is 4.18. The molecule has 0 saturated heterocycles. The van der Waals surface area contributed by atoms with E-state index in [0.717, 1.165) is 6.42 Å². The van der Waals surface area contributed by atoms with E-state index in [4.69, 9.17) is 0 Å². The molecule has 0 bridgehead atoms. The lowest BCUT2D eigenvalue weighted by atomic mass is 9.77. The Bertz CT molecular complexity index is 2010. The third-order valence-corrected chi connectivity index (χ3v) is 15.4. The van der Waals surface area contributed by atoms with Crippen molar-refractivity contribution in [2.24, 2.45) is 0 Å². The van der Waals surface area contributed by atoms with E-state index >= 15 is 0 Å². The highest BCUT2D eigenvalue weighted by Gasteiger charge is 2.47. The van der Waals surface area contributed by atoms with Crippen LogP contribution in [0.1, 0.15) is 81.3 Å². The highest BCUT2D eigenvalue weighted by Crippen LogP contribution is 2.61. The first-order valence-corrected chi connectivity index (χ1v) is 19.0. The Kier molecular flexibility index (Phi) is 5.76. The monoisotopic (exact) mass is 595 g/mol. The Morgan fingerprint density at radius 2 is 1.36 bits per heavy atom. The van der Waals surface area contributed by atoms with Crippen LogP contribution in [0.5, 0.6) is 0 Å². The number of benzene rings is 5. The van der Waals surface area contributed by atoms with E-state index in [0.29, 0.717) is 5.25 Å². The minimum absolute atomic E-state index is 0.0374. The number of anilines is 1. The molecule has 8 rings (SSSR count). The van der Waals surface area contributed by atoms with E-state index in [1.807, 2.05) is 0 Å². The molecule has 5 aromatic carbocycles. The Balaban J connectivity index is 1.31. The number of nitrogens with one attached hydrogen (secondary N) is 1. The molecule has 1 heterocycles. The van der Waals surface area contributed by atoms with E-state index in [9.17, 15) is 0 Å². The van der Waals surface area contributed by atoms with Crippen molar-refractivity contribution in [2.75, 3.05) is 17.8 Å². The molecular formula is C42H45NS. The second-order valence-corrected chi connectivity index (χ2v) is 19.4. The zero-order chi connectivity index (χ0) is 30.8. The van der Waals surface area contributed by atoms with Gasteiger partial charge in [-0.15, -0.1) is 0 Å². The summed E-state index contributed by atoms with van der Waals surface area (Å²) in [5.41, 5.74) is 15.5. The van der Waals surface area contributed by atoms with Gasteiger partial charge in [-0.2, -0.15) is 0 Å². The lowest BCUT2D eigenvalue weighted by Crippen LogP contribution is -2.46. The fourth-order valence-corrected chi connectivity index (χ4v) is 11.8. The molecule has 1 N–H and O–H groups in total. The summed E-state index contributed by atoms with van der Waals surface area (Å²) in [5, 5.41) is 7.39. The fourth-order valence-electron chi connectivity index (χ4n) is 9.08. The van der Waals surface area contributed by atoms with E-state index < -0.39 is 10.0 Å². The molecule has 2 atom stereocenters. The molecule has 5 aromatic rings. The van der Waals surface area contributed by atoms with E-state index in [1.54, 1.807) is 0 Å². The Labute approximate surface area is 265 Å². The van der Waals surface area contributed by atoms with Crippen LogP contribution in [0.2, 0.25) is 0 Å². The predicted molar refractivity (Wildman–Crippen MR) is 194 cm³/mol. The molecule has 0 saturated carbocycles. The zero-order valence-corrected chi connectivity index (χ0v) is 28.4. The predicted octanol–water partition coefficient (Wildman–Crippen LogP) is 11.1. The number of hydrogen-bond acceptors (Lipinski definition) is 1. The molecule has 3 aliphatic rings. The van der Waals surface area contributed by atoms with Crippen LogP contribution in [-0.4, -0.2) is 17.8 Å². The van der Waals surface area contributed by atoms with Gasteiger partial charge in [0.25, 0.3) is 0 Å². The van der Waals surface area contributed by atoms with Crippen LogP contribution in [0.25, 0.3) is 33.0 Å². The summed E-state index contributed by atoms with van der Waals surface area (Å²) in [6.07, 6.45) is 6.14. The summed E-state index contributed by atoms with van der Waals surface area (Å²) in [6.45, 7) is 14.6. The van der Waals surface area contributed by atoms with Crippen LogP contribution in [-0.2, 0) is 22.1 Å². The molecule has 44 heavy (non-hydrogen) atoms. The number of hydrogen-bond donors (Lipinski definition) is 1. The van der Waals surface area contributed by atoms with Crippen LogP contribution in [0, 0.1) is 0 Å². The van der Waals surface area contributed by atoms with Crippen LogP contribution in [0.15, 0.2) is 91.0 Å². The molecule has 2 unspecified atom stereocenters. The van der Waals surface area contributed by atoms with Crippen LogP contribution >= 0.6 is 10.0 Å². The highest BCUT2D eigenvalue weighted by molar-refractivity contribution is 8.32. The molecule has 0 fully saturated rings. The average molecular weight is 596 g/mol. The number of fused-ring (bicyclic) bond motifs is 9. The second kappa shape index (κ2) is 9.04. The van der Waals surface area contributed by atoms with Gasteiger partial charge in [0.2, 0.25) is 0 Å². The van der Waals surface area contributed by atoms with Gasteiger partial charge >= 0.3 is 0 Å². The van der Waals surface area contributed by atoms with Crippen molar-refractivity contribution in [3.05, 3.63) is 124 Å². The van der Waals surface area contributed by atoms with Crippen molar-refractivity contribution < 1.29 is 0 Å². The third kappa shape index (κ3) is 3.55. The average Bonchev–Trinajstić information content (AvgIpc) is 3.34. The van der Waals surface area contributed by atoms with Gasteiger partial charge in [0.15, 0.2) is 0 Å². The molecule has 0 radical (unpaired) electrons. The van der Waals surface area contributed by atoms with Gasteiger partial charge in [-0.05, 0) is 104 Å². The highest BCUT2D eigenvalue weighted by atomic mass is 32.3. The van der Waals surface area contributed by atoms with Crippen molar-refractivity contribution >= 4 is 26.5 Å². The lowest BCUT2D eigenvalue weighted by molar-refractivity contribution is 0.464.